The van der Waals surface area contributed by atoms with E-state index in [9.17, 15) is 23.9 Å². The molecule has 0 radical (unpaired) electrons. The van der Waals surface area contributed by atoms with Crippen molar-refractivity contribution in [3.63, 3.8) is 0 Å². The minimum atomic E-state index is -1.08. The van der Waals surface area contributed by atoms with Crippen molar-refractivity contribution in [3.8, 4) is 5.75 Å². The summed E-state index contributed by atoms with van der Waals surface area (Å²) >= 11 is 5.95. The average molecular weight is 489 g/mol. The SMILES string of the molecule is CC(C)Oc1ccc(Nc2nc(=O)n([C@@H]3C[C@H]3C(=O)O)c(=O)n2Cc2ccc(Cl)cc2)cc1F. The number of hydrogen-bond acceptors (Lipinski definition) is 6. The molecular formula is C23H22ClFN4O5. The Hall–Kier alpha value is -3.66. The van der Waals surface area contributed by atoms with Crippen LogP contribution >= 0.6 is 11.6 Å². The molecule has 9 nitrogen and oxygen atoms in total. The van der Waals surface area contributed by atoms with E-state index in [0.717, 1.165) is 4.57 Å². The molecule has 2 aromatic carbocycles. The molecule has 34 heavy (non-hydrogen) atoms. The van der Waals surface area contributed by atoms with Gasteiger partial charge in [-0.25, -0.2) is 18.5 Å². The number of nitrogens with one attached hydrogen (secondary N) is 1. The van der Waals surface area contributed by atoms with E-state index in [-0.39, 0.29) is 36.5 Å². The molecule has 178 valence electrons. The van der Waals surface area contributed by atoms with Crippen LogP contribution in [0.3, 0.4) is 0 Å². The lowest BCUT2D eigenvalue weighted by Gasteiger charge is -2.16. The molecule has 1 aliphatic carbocycles. The quantitative estimate of drug-likeness (QED) is 0.499. The summed E-state index contributed by atoms with van der Waals surface area (Å²) in [6.07, 6.45) is -0.0493. The lowest BCUT2D eigenvalue weighted by atomic mass is 10.2. The van der Waals surface area contributed by atoms with E-state index >= 15 is 0 Å². The summed E-state index contributed by atoms with van der Waals surface area (Å²) < 4.78 is 21.9. The summed E-state index contributed by atoms with van der Waals surface area (Å²) in [5.74, 6) is -2.57. The van der Waals surface area contributed by atoms with Gasteiger partial charge in [0.15, 0.2) is 11.6 Å². The van der Waals surface area contributed by atoms with Gasteiger partial charge in [-0.1, -0.05) is 23.7 Å². The highest BCUT2D eigenvalue weighted by atomic mass is 35.5. The number of rotatable bonds is 8. The maximum atomic E-state index is 14.5. The molecule has 1 fully saturated rings. The maximum absolute atomic E-state index is 14.5. The largest absolute Gasteiger partial charge is 0.488 e. The Bertz CT molecular complexity index is 1350. The second kappa shape index (κ2) is 9.30. The van der Waals surface area contributed by atoms with E-state index in [1.54, 1.807) is 38.1 Å². The number of carboxylic acid groups (broad SMARTS) is 1. The zero-order valence-corrected chi connectivity index (χ0v) is 19.1. The third-order valence-electron chi connectivity index (χ3n) is 5.31. The van der Waals surface area contributed by atoms with Crippen LogP contribution in [-0.4, -0.2) is 31.3 Å². The number of nitrogens with zero attached hydrogens (tertiary/aromatic N) is 3. The molecule has 1 aliphatic rings. The van der Waals surface area contributed by atoms with Gasteiger partial charge in [0.1, 0.15) is 0 Å². The summed E-state index contributed by atoms with van der Waals surface area (Å²) in [4.78, 5) is 41.3. The van der Waals surface area contributed by atoms with Gasteiger partial charge in [0.2, 0.25) is 5.95 Å². The van der Waals surface area contributed by atoms with Crippen molar-refractivity contribution in [3.05, 3.63) is 79.8 Å². The van der Waals surface area contributed by atoms with Crippen molar-refractivity contribution in [2.75, 3.05) is 5.32 Å². The second-order valence-corrected chi connectivity index (χ2v) is 8.70. The zero-order chi connectivity index (χ0) is 24.6. The van der Waals surface area contributed by atoms with Gasteiger partial charge in [-0.3, -0.25) is 9.36 Å². The summed E-state index contributed by atoms with van der Waals surface area (Å²) in [7, 11) is 0. The smallest absolute Gasteiger partial charge is 0.355 e. The predicted molar refractivity (Wildman–Crippen MR) is 124 cm³/mol. The number of carbonyl (C=O) groups is 1. The topological polar surface area (TPSA) is 115 Å². The van der Waals surface area contributed by atoms with Crippen LogP contribution < -0.4 is 21.4 Å². The first-order chi connectivity index (χ1) is 16.1. The normalized spacial score (nSPS) is 17.0. The zero-order valence-electron chi connectivity index (χ0n) is 18.4. The number of aromatic nitrogens is 3. The third kappa shape index (κ3) is 4.96. The lowest BCUT2D eigenvalue weighted by Crippen LogP contribution is -2.42. The van der Waals surface area contributed by atoms with Crippen LogP contribution in [0.1, 0.15) is 31.9 Å². The average Bonchev–Trinajstić information content (AvgIpc) is 3.55. The number of halogens is 2. The Morgan fingerprint density at radius 2 is 1.97 bits per heavy atom. The summed E-state index contributed by atoms with van der Waals surface area (Å²) in [5.41, 5.74) is -0.656. The molecule has 11 heteroatoms. The molecular weight excluding hydrogens is 467 g/mol. The van der Waals surface area contributed by atoms with Gasteiger partial charge in [-0.05, 0) is 50.1 Å². The van der Waals surface area contributed by atoms with Crippen LogP contribution in [0.2, 0.25) is 5.02 Å². The second-order valence-electron chi connectivity index (χ2n) is 8.27. The van der Waals surface area contributed by atoms with Crippen molar-refractivity contribution in [2.24, 2.45) is 5.92 Å². The summed E-state index contributed by atoms with van der Waals surface area (Å²) in [6.45, 7) is 3.57. The number of aliphatic carboxylic acids is 1. The standard InChI is InChI=1S/C23H22ClFN4O5/c1-12(2)34-19-8-7-15(9-17(19)25)26-21-27-22(32)29(18-10-16(18)20(30)31)23(33)28(21)11-13-3-5-14(24)6-4-13/h3-9,12,16,18H,10-11H2,1-2H3,(H,30,31)(H,26,27,32)/t16-,18-/m1/s1. The van der Waals surface area contributed by atoms with Crippen LogP contribution in [0, 0.1) is 11.7 Å². The summed E-state index contributed by atoms with van der Waals surface area (Å²) in [6, 6.07) is 10.1. The molecule has 3 aromatic rings. The van der Waals surface area contributed by atoms with Crippen LogP contribution in [0.5, 0.6) is 5.75 Å². The maximum Gasteiger partial charge on any atom is 0.355 e. The summed E-state index contributed by atoms with van der Waals surface area (Å²) in [5, 5.41) is 12.6. The lowest BCUT2D eigenvalue weighted by molar-refractivity contribution is -0.138. The van der Waals surface area contributed by atoms with Crippen LogP contribution in [0.25, 0.3) is 0 Å². The molecule has 2 N–H and O–H groups in total. The Kier molecular flexibility index (Phi) is 6.43. The molecule has 2 atom stereocenters. The van der Waals surface area contributed by atoms with E-state index in [1.807, 2.05) is 0 Å². The van der Waals surface area contributed by atoms with Gasteiger partial charge in [0, 0.05) is 16.8 Å². The predicted octanol–water partition coefficient (Wildman–Crippen LogP) is 3.42. The minimum absolute atomic E-state index is 0.0209. The Morgan fingerprint density at radius 3 is 2.56 bits per heavy atom. The highest BCUT2D eigenvalue weighted by Gasteiger charge is 2.47. The molecule has 0 unspecified atom stereocenters. The fourth-order valence-electron chi connectivity index (χ4n) is 3.59. The number of benzene rings is 2. The number of carboxylic acids is 1. The Morgan fingerprint density at radius 1 is 1.26 bits per heavy atom. The van der Waals surface area contributed by atoms with Crippen LogP contribution in [-0.2, 0) is 11.3 Å². The van der Waals surface area contributed by atoms with Crippen molar-refractivity contribution in [1.29, 1.82) is 0 Å². The minimum Gasteiger partial charge on any atom is -0.488 e. The van der Waals surface area contributed by atoms with Gasteiger partial charge < -0.3 is 15.2 Å². The van der Waals surface area contributed by atoms with Crippen LogP contribution in [0.4, 0.5) is 16.0 Å². The third-order valence-corrected chi connectivity index (χ3v) is 5.56. The first kappa shape index (κ1) is 23.5. The van der Waals surface area contributed by atoms with Crippen molar-refractivity contribution < 1.29 is 19.0 Å². The Balaban J connectivity index is 1.74. The molecule has 0 aliphatic heterocycles. The first-order valence-corrected chi connectivity index (χ1v) is 11.0. The van der Waals surface area contributed by atoms with Crippen molar-refractivity contribution in [1.82, 2.24) is 14.1 Å². The number of anilines is 2. The van der Waals surface area contributed by atoms with Gasteiger partial charge >= 0.3 is 17.3 Å². The van der Waals surface area contributed by atoms with Gasteiger partial charge in [-0.15, -0.1) is 0 Å². The molecule has 0 bridgehead atoms. The molecule has 1 saturated carbocycles. The molecule has 4 rings (SSSR count). The molecule has 0 saturated heterocycles. The van der Waals surface area contributed by atoms with Gasteiger partial charge in [0.25, 0.3) is 0 Å². The van der Waals surface area contributed by atoms with E-state index in [4.69, 9.17) is 16.3 Å². The molecule has 1 heterocycles. The van der Waals surface area contributed by atoms with Crippen molar-refractivity contribution in [2.45, 2.75) is 39.0 Å². The Labute approximate surface area is 198 Å². The van der Waals surface area contributed by atoms with Gasteiger partial charge in [0.05, 0.1) is 24.6 Å². The van der Waals surface area contributed by atoms with Crippen LogP contribution in [0.15, 0.2) is 52.1 Å². The number of hydrogen-bond donors (Lipinski definition) is 2. The van der Waals surface area contributed by atoms with Crippen molar-refractivity contribution >= 4 is 29.2 Å². The fourth-order valence-corrected chi connectivity index (χ4v) is 3.72. The fraction of sp³-hybridized carbons (Fsp3) is 0.304. The van der Waals surface area contributed by atoms with E-state index in [2.05, 4.69) is 10.3 Å². The van der Waals surface area contributed by atoms with E-state index in [1.165, 1.54) is 22.8 Å². The molecule has 0 amide bonds. The highest BCUT2D eigenvalue weighted by molar-refractivity contribution is 6.30. The molecule has 1 aromatic heterocycles. The molecule has 0 spiro atoms. The number of ether oxygens (including phenoxy) is 1. The first-order valence-electron chi connectivity index (χ1n) is 10.6. The van der Waals surface area contributed by atoms with E-state index in [0.29, 0.717) is 10.6 Å². The van der Waals surface area contributed by atoms with Gasteiger partial charge in [-0.2, -0.15) is 4.98 Å². The highest BCUT2D eigenvalue weighted by Crippen LogP contribution is 2.41. The monoisotopic (exact) mass is 488 g/mol. The van der Waals surface area contributed by atoms with E-state index < -0.39 is 35.1 Å².